The number of rotatable bonds is 6. The first-order valence-electron chi connectivity index (χ1n) is 8.68. The molecule has 0 aliphatic rings. The summed E-state index contributed by atoms with van der Waals surface area (Å²) in [6.45, 7) is 1.78. The molecule has 3 aromatic rings. The Morgan fingerprint density at radius 1 is 0.964 bits per heavy atom. The third-order valence-electron chi connectivity index (χ3n) is 3.89. The van der Waals surface area contributed by atoms with Gasteiger partial charge in [-0.05, 0) is 55.5 Å². The van der Waals surface area contributed by atoms with Crippen molar-refractivity contribution in [3.8, 4) is 11.5 Å². The number of ether oxygens (including phenoxy) is 1. The first-order valence-corrected chi connectivity index (χ1v) is 9.06. The maximum Gasteiger partial charge on any atom is 0.251 e. The molecule has 0 aliphatic heterocycles. The summed E-state index contributed by atoms with van der Waals surface area (Å²) in [5.74, 6) is 0.543. The zero-order valence-corrected chi connectivity index (χ0v) is 16.0. The van der Waals surface area contributed by atoms with Gasteiger partial charge in [0.05, 0.1) is 11.6 Å². The summed E-state index contributed by atoms with van der Waals surface area (Å²) in [5.41, 5.74) is 2.10. The first kappa shape index (κ1) is 19.5. The standard InChI is InChI=1S/C22H19ClN2O3/c1-15-5-4-6-16(13-15)22(27)24-14-21(26)25-17-9-11-18(12-10-17)28-20-8-3-2-7-19(20)23/h2-13H,14H2,1H3,(H,24,27)(H,25,26). The summed E-state index contributed by atoms with van der Waals surface area (Å²) in [6, 6.07) is 21.2. The molecule has 3 aromatic carbocycles. The van der Waals surface area contributed by atoms with Crippen LogP contribution in [0.25, 0.3) is 0 Å². The number of benzene rings is 3. The minimum Gasteiger partial charge on any atom is -0.456 e. The Bertz CT molecular complexity index is 987. The van der Waals surface area contributed by atoms with Gasteiger partial charge in [0, 0.05) is 11.3 Å². The molecule has 0 radical (unpaired) electrons. The Kier molecular flexibility index (Phi) is 6.29. The van der Waals surface area contributed by atoms with E-state index in [4.69, 9.17) is 16.3 Å². The Balaban J connectivity index is 1.51. The fraction of sp³-hybridized carbons (Fsp3) is 0.0909. The smallest absolute Gasteiger partial charge is 0.251 e. The molecule has 0 saturated heterocycles. The SMILES string of the molecule is Cc1cccc(C(=O)NCC(=O)Nc2ccc(Oc3ccccc3Cl)cc2)c1. The minimum absolute atomic E-state index is 0.120. The molecule has 2 N–H and O–H groups in total. The molecule has 0 bridgehead atoms. The van der Waals surface area contributed by atoms with Gasteiger partial charge in [-0.25, -0.2) is 0 Å². The summed E-state index contributed by atoms with van der Waals surface area (Å²) in [4.78, 5) is 24.1. The average molecular weight is 395 g/mol. The highest BCUT2D eigenvalue weighted by Crippen LogP contribution is 2.29. The Morgan fingerprint density at radius 3 is 2.43 bits per heavy atom. The lowest BCUT2D eigenvalue weighted by Gasteiger charge is -2.10. The Labute approximate surface area is 168 Å². The van der Waals surface area contributed by atoms with Crippen LogP contribution in [0.1, 0.15) is 15.9 Å². The highest BCUT2D eigenvalue weighted by Gasteiger charge is 2.09. The van der Waals surface area contributed by atoms with Gasteiger partial charge in [-0.2, -0.15) is 0 Å². The summed E-state index contributed by atoms with van der Waals surface area (Å²) < 4.78 is 5.71. The third-order valence-corrected chi connectivity index (χ3v) is 4.20. The molecule has 0 spiro atoms. The largest absolute Gasteiger partial charge is 0.456 e. The third kappa shape index (κ3) is 5.34. The van der Waals surface area contributed by atoms with Crippen LogP contribution in [0, 0.1) is 6.92 Å². The molecule has 6 heteroatoms. The molecule has 0 heterocycles. The molecule has 0 fully saturated rings. The molecule has 0 aliphatic carbocycles. The van der Waals surface area contributed by atoms with E-state index in [1.165, 1.54) is 0 Å². The predicted molar refractivity (Wildman–Crippen MR) is 110 cm³/mol. The van der Waals surface area contributed by atoms with Gasteiger partial charge >= 0.3 is 0 Å². The summed E-state index contributed by atoms with van der Waals surface area (Å²) in [5, 5.41) is 5.85. The van der Waals surface area contributed by atoms with Crippen molar-refractivity contribution in [2.75, 3.05) is 11.9 Å². The number of carbonyl (C=O) groups excluding carboxylic acids is 2. The van der Waals surface area contributed by atoms with Gasteiger partial charge in [0.2, 0.25) is 5.91 Å². The van der Waals surface area contributed by atoms with Gasteiger partial charge in [-0.3, -0.25) is 9.59 Å². The second-order valence-corrected chi connectivity index (χ2v) is 6.56. The van der Waals surface area contributed by atoms with E-state index in [2.05, 4.69) is 10.6 Å². The second-order valence-electron chi connectivity index (χ2n) is 6.16. The van der Waals surface area contributed by atoms with Gasteiger partial charge in [-0.15, -0.1) is 0 Å². The Hall–Kier alpha value is -3.31. The van der Waals surface area contributed by atoms with Crippen LogP contribution >= 0.6 is 11.6 Å². The van der Waals surface area contributed by atoms with Crippen LogP contribution in [0.2, 0.25) is 5.02 Å². The van der Waals surface area contributed by atoms with Crippen LogP contribution in [0.3, 0.4) is 0 Å². The van der Waals surface area contributed by atoms with E-state index in [1.54, 1.807) is 54.6 Å². The molecule has 0 aromatic heterocycles. The number of aryl methyl sites for hydroxylation is 1. The van der Waals surface area contributed by atoms with Crippen molar-refractivity contribution in [1.82, 2.24) is 5.32 Å². The fourth-order valence-electron chi connectivity index (χ4n) is 2.51. The maximum atomic E-state index is 12.1. The molecule has 2 amide bonds. The monoisotopic (exact) mass is 394 g/mol. The van der Waals surface area contributed by atoms with Crippen LogP contribution in [-0.4, -0.2) is 18.4 Å². The molecular formula is C22H19ClN2O3. The lowest BCUT2D eigenvalue weighted by molar-refractivity contribution is -0.115. The minimum atomic E-state index is -0.319. The van der Waals surface area contributed by atoms with Crippen LogP contribution in [0.5, 0.6) is 11.5 Å². The van der Waals surface area contributed by atoms with E-state index >= 15 is 0 Å². The number of nitrogens with one attached hydrogen (secondary N) is 2. The van der Waals surface area contributed by atoms with E-state index in [9.17, 15) is 9.59 Å². The quantitative estimate of drug-likeness (QED) is 0.630. The fourth-order valence-corrected chi connectivity index (χ4v) is 2.69. The number of anilines is 1. The lowest BCUT2D eigenvalue weighted by Crippen LogP contribution is -2.32. The molecule has 0 unspecified atom stereocenters. The molecular weight excluding hydrogens is 376 g/mol. The summed E-state index contributed by atoms with van der Waals surface area (Å²) in [7, 11) is 0. The van der Waals surface area contributed by atoms with Crippen molar-refractivity contribution in [3.05, 3.63) is 88.9 Å². The average Bonchev–Trinajstić information content (AvgIpc) is 2.69. The molecule has 3 rings (SSSR count). The zero-order chi connectivity index (χ0) is 19.9. The molecule has 5 nitrogen and oxygen atoms in total. The van der Waals surface area contributed by atoms with Gasteiger partial charge in [-0.1, -0.05) is 41.4 Å². The first-order chi connectivity index (χ1) is 13.5. The van der Waals surface area contributed by atoms with E-state index in [1.807, 2.05) is 25.1 Å². The van der Waals surface area contributed by atoms with Crippen molar-refractivity contribution in [2.24, 2.45) is 0 Å². The van der Waals surface area contributed by atoms with E-state index in [0.717, 1.165) is 5.56 Å². The van der Waals surface area contributed by atoms with Crippen molar-refractivity contribution in [1.29, 1.82) is 0 Å². The van der Waals surface area contributed by atoms with Crippen LogP contribution in [0.4, 0.5) is 5.69 Å². The van der Waals surface area contributed by atoms with Gasteiger partial charge < -0.3 is 15.4 Å². The maximum absolute atomic E-state index is 12.1. The van der Waals surface area contributed by atoms with E-state index in [0.29, 0.717) is 27.8 Å². The second kappa shape index (κ2) is 9.06. The van der Waals surface area contributed by atoms with Gasteiger partial charge in [0.15, 0.2) is 0 Å². The molecule has 142 valence electrons. The number of hydrogen-bond donors (Lipinski definition) is 2. The number of amides is 2. The lowest BCUT2D eigenvalue weighted by atomic mass is 10.1. The van der Waals surface area contributed by atoms with Crippen LogP contribution in [0.15, 0.2) is 72.8 Å². The van der Waals surface area contributed by atoms with E-state index in [-0.39, 0.29) is 18.4 Å². The van der Waals surface area contributed by atoms with E-state index < -0.39 is 0 Å². The molecule has 0 saturated carbocycles. The normalized spacial score (nSPS) is 10.2. The van der Waals surface area contributed by atoms with Crippen molar-refractivity contribution in [3.63, 3.8) is 0 Å². The summed E-state index contributed by atoms with van der Waals surface area (Å²) in [6.07, 6.45) is 0. The van der Waals surface area contributed by atoms with Crippen LogP contribution < -0.4 is 15.4 Å². The number of hydrogen-bond acceptors (Lipinski definition) is 3. The number of carbonyl (C=O) groups is 2. The van der Waals surface area contributed by atoms with Crippen LogP contribution in [-0.2, 0) is 4.79 Å². The highest BCUT2D eigenvalue weighted by atomic mass is 35.5. The van der Waals surface area contributed by atoms with Gasteiger partial charge in [0.25, 0.3) is 5.91 Å². The van der Waals surface area contributed by atoms with Crippen molar-refractivity contribution < 1.29 is 14.3 Å². The molecule has 28 heavy (non-hydrogen) atoms. The Morgan fingerprint density at radius 2 is 1.71 bits per heavy atom. The van der Waals surface area contributed by atoms with Crippen molar-refractivity contribution >= 4 is 29.1 Å². The zero-order valence-electron chi connectivity index (χ0n) is 15.2. The topological polar surface area (TPSA) is 67.4 Å². The number of halogens is 1. The van der Waals surface area contributed by atoms with Gasteiger partial charge in [0.1, 0.15) is 11.5 Å². The number of para-hydroxylation sites is 1. The molecule has 0 atom stereocenters. The summed E-state index contributed by atoms with van der Waals surface area (Å²) >= 11 is 6.07. The van der Waals surface area contributed by atoms with Crippen molar-refractivity contribution in [2.45, 2.75) is 6.92 Å². The highest BCUT2D eigenvalue weighted by molar-refractivity contribution is 6.32. The predicted octanol–water partition coefficient (Wildman–Crippen LogP) is 4.81.